The zero-order chi connectivity index (χ0) is 32.5. The number of ether oxygens (including phenoxy) is 2. The third-order valence-corrected chi connectivity index (χ3v) is 12.8. The molecule has 12 rings (SSSR count). The van der Waals surface area contributed by atoms with Gasteiger partial charge in [0.15, 0.2) is 0 Å². The van der Waals surface area contributed by atoms with Crippen LogP contribution in [-0.2, 0) is 0 Å². The summed E-state index contributed by atoms with van der Waals surface area (Å²) in [6.45, 7) is 0. The van der Waals surface area contributed by atoms with Crippen molar-refractivity contribution in [3.8, 4) is 67.5 Å². The molecular weight excluding hydrogens is 649 g/mol. The molecule has 232 valence electrons. The summed E-state index contributed by atoms with van der Waals surface area (Å²) < 4.78 is 18.7. The quantitative estimate of drug-likeness (QED) is 0.182. The number of hydrogen-bond acceptors (Lipinski definition) is 4. The molecule has 8 aromatic carbocycles. The fourth-order valence-electron chi connectivity index (χ4n) is 8.12. The lowest BCUT2D eigenvalue weighted by atomic mass is 9.87. The van der Waals surface area contributed by atoms with Crippen molar-refractivity contribution < 1.29 is 9.47 Å². The van der Waals surface area contributed by atoms with Crippen molar-refractivity contribution in [3.63, 3.8) is 0 Å². The Hall–Kier alpha value is -5.94. The van der Waals surface area contributed by atoms with Gasteiger partial charge >= 0.3 is 0 Å². The number of fused-ring (bicyclic) bond motifs is 10. The van der Waals surface area contributed by atoms with E-state index in [1.165, 1.54) is 62.6 Å². The summed E-state index contributed by atoms with van der Waals surface area (Å²) in [4.78, 5) is 0. The second kappa shape index (κ2) is 9.82. The molecular formula is C46H24O2S2. The molecule has 2 nitrogen and oxygen atoms in total. The molecule has 0 N–H and O–H groups in total. The van der Waals surface area contributed by atoms with Crippen molar-refractivity contribution in [1.29, 1.82) is 0 Å². The van der Waals surface area contributed by atoms with E-state index in [-0.39, 0.29) is 0 Å². The van der Waals surface area contributed by atoms with E-state index in [0.717, 1.165) is 56.0 Å². The number of rotatable bonds is 2. The Morgan fingerprint density at radius 2 is 0.700 bits per heavy atom. The highest BCUT2D eigenvalue weighted by molar-refractivity contribution is 7.26. The van der Waals surface area contributed by atoms with Crippen LogP contribution in [0.15, 0.2) is 146 Å². The number of benzene rings is 8. The van der Waals surface area contributed by atoms with Gasteiger partial charge in [0.1, 0.15) is 23.0 Å². The molecule has 0 saturated carbocycles. The molecule has 0 atom stereocenters. The molecule has 0 amide bonds. The SMILES string of the molecule is c1ccc2c(c1)sc1ccc(-c3ccc4c(c3)Oc3ccc5c6c(ccc-4c36)-c3ccc(-c4ccc6sc7ccccc7c6c4)cc3O5)cc12. The molecule has 2 aromatic heterocycles. The van der Waals surface area contributed by atoms with E-state index in [0.29, 0.717) is 0 Å². The number of hydrogen-bond donors (Lipinski definition) is 0. The monoisotopic (exact) mass is 672 g/mol. The lowest BCUT2D eigenvalue weighted by Gasteiger charge is -2.27. The molecule has 4 heterocycles. The topological polar surface area (TPSA) is 18.5 Å². The molecule has 0 aliphatic carbocycles. The molecule has 2 aliphatic heterocycles. The zero-order valence-electron chi connectivity index (χ0n) is 26.5. The first-order valence-corrected chi connectivity index (χ1v) is 18.4. The van der Waals surface area contributed by atoms with Crippen LogP contribution in [0.4, 0.5) is 0 Å². The van der Waals surface area contributed by atoms with E-state index < -0.39 is 0 Å². The molecule has 0 fully saturated rings. The third kappa shape index (κ3) is 3.72. The third-order valence-electron chi connectivity index (χ3n) is 10.5. The molecule has 0 unspecified atom stereocenters. The van der Waals surface area contributed by atoms with Gasteiger partial charge in [-0.25, -0.2) is 0 Å². The zero-order valence-corrected chi connectivity index (χ0v) is 28.1. The van der Waals surface area contributed by atoms with Crippen LogP contribution >= 0.6 is 22.7 Å². The average Bonchev–Trinajstić information content (AvgIpc) is 3.73. The predicted octanol–water partition coefficient (Wildman–Crippen LogP) is 14.5. The summed E-state index contributed by atoms with van der Waals surface area (Å²) in [5, 5.41) is 7.44. The van der Waals surface area contributed by atoms with E-state index in [4.69, 9.17) is 9.47 Å². The fraction of sp³-hybridized carbons (Fsp3) is 0. The average molecular weight is 673 g/mol. The minimum absolute atomic E-state index is 0.865. The first-order chi connectivity index (χ1) is 24.7. The summed E-state index contributed by atoms with van der Waals surface area (Å²) in [6, 6.07) is 52.8. The Bertz CT molecular complexity index is 2900. The molecule has 0 spiro atoms. The van der Waals surface area contributed by atoms with Crippen molar-refractivity contribution >= 4 is 73.8 Å². The maximum atomic E-state index is 6.70. The van der Waals surface area contributed by atoms with Gasteiger partial charge in [0, 0.05) is 62.2 Å². The smallest absolute Gasteiger partial charge is 0.136 e. The molecule has 10 aromatic rings. The van der Waals surface area contributed by atoms with Crippen molar-refractivity contribution in [1.82, 2.24) is 0 Å². The largest absolute Gasteiger partial charge is 0.456 e. The van der Waals surface area contributed by atoms with Gasteiger partial charge in [0.2, 0.25) is 0 Å². The molecule has 4 heteroatoms. The minimum atomic E-state index is 0.865. The van der Waals surface area contributed by atoms with Gasteiger partial charge in [0.25, 0.3) is 0 Å². The van der Waals surface area contributed by atoms with Gasteiger partial charge in [0.05, 0.1) is 0 Å². The Morgan fingerprint density at radius 1 is 0.300 bits per heavy atom. The molecule has 0 radical (unpaired) electrons. The van der Waals surface area contributed by atoms with Crippen LogP contribution in [0.5, 0.6) is 23.0 Å². The summed E-state index contributed by atoms with van der Waals surface area (Å²) in [5.74, 6) is 3.49. The highest BCUT2D eigenvalue weighted by Crippen LogP contribution is 2.56. The Kier molecular flexibility index (Phi) is 5.29. The predicted molar refractivity (Wildman–Crippen MR) is 212 cm³/mol. The van der Waals surface area contributed by atoms with Gasteiger partial charge in [-0.05, 0) is 106 Å². The molecule has 0 bridgehead atoms. The maximum Gasteiger partial charge on any atom is 0.136 e. The van der Waals surface area contributed by atoms with Crippen LogP contribution in [0.25, 0.3) is 95.6 Å². The second-order valence-corrected chi connectivity index (χ2v) is 15.4. The van der Waals surface area contributed by atoms with Gasteiger partial charge in [-0.3, -0.25) is 0 Å². The van der Waals surface area contributed by atoms with Crippen LogP contribution in [0.3, 0.4) is 0 Å². The van der Waals surface area contributed by atoms with Gasteiger partial charge in [-0.15, -0.1) is 22.7 Å². The summed E-state index contributed by atoms with van der Waals surface area (Å²) in [5.41, 5.74) is 9.23. The van der Waals surface area contributed by atoms with E-state index in [2.05, 4.69) is 146 Å². The lowest BCUT2D eigenvalue weighted by Crippen LogP contribution is -2.02. The summed E-state index contributed by atoms with van der Waals surface area (Å²) in [6.07, 6.45) is 0. The van der Waals surface area contributed by atoms with Crippen LogP contribution < -0.4 is 9.47 Å². The van der Waals surface area contributed by atoms with Crippen LogP contribution in [0.2, 0.25) is 0 Å². The Morgan fingerprint density at radius 3 is 1.20 bits per heavy atom. The van der Waals surface area contributed by atoms with Gasteiger partial charge < -0.3 is 9.47 Å². The van der Waals surface area contributed by atoms with Crippen molar-refractivity contribution in [2.75, 3.05) is 0 Å². The van der Waals surface area contributed by atoms with Crippen LogP contribution in [0, 0.1) is 0 Å². The normalized spacial score (nSPS) is 12.7. The maximum absolute atomic E-state index is 6.70. The van der Waals surface area contributed by atoms with Crippen LogP contribution in [0.1, 0.15) is 0 Å². The van der Waals surface area contributed by atoms with Crippen LogP contribution in [-0.4, -0.2) is 0 Å². The van der Waals surface area contributed by atoms with E-state index in [9.17, 15) is 0 Å². The Labute approximate surface area is 295 Å². The first kappa shape index (κ1) is 26.9. The van der Waals surface area contributed by atoms with Gasteiger partial charge in [-0.1, -0.05) is 72.8 Å². The molecule has 50 heavy (non-hydrogen) atoms. The highest BCUT2D eigenvalue weighted by atomic mass is 32.1. The van der Waals surface area contributed by atoms with Crippen molar-refractivity contribution in [2.24, 2.45) is 0 Å². The van der Waals surface area contributed by atoms with E-state index >= 15 is 0 Å². The first-order valence-electron chi connectivity index (χ1n) is 16.8. The standard InChI is InChI=1S/C46H24O2S2/c1-3-7-41-31(5-1)35-21-25(11-19-43(35)49-41)27-9-13-29-33-15-16-34-30-14-10-28(26-12-20-44-36(22-26)32-6-2-4-8-42(32)50-44)24-40(30)48-38-18-17-37(45(33)46(34)38)47-39(29)23-27/h1-24H. The van der Waals surface area contributed by atoms with Crippen molar-refractivity contribution in [3.05, 3.63) is 146 Å². The number of thiophene rings is 2. The minimum Gasteiger partial charge on any atom is -0.456 e. The summed E-state index contributed by atoms with van der Waals surface area (Å²) in [7, 11) is 0. The second-order valence-electron chi connectivity index (χ2n) is 13.2. The van der Waals surface area contributed by atoms with E-state index in [1.807, 2.05) is 22.7 Å². The van der Waals surface area contributed by atoms with Gasteiger partial charge in [-0.2, -0.15) is 0 Å². The summed E-state index contributed by atoms with van der Waals surface area (Å²) >= 11 is 3.70. The molecule has 0 saturated heterocycles. The van der Waals surface area contributed by atoms with Crippen molar-refractivity contribution in [2.45, 2.75) is 0 Å². The highest BCUT2D eigenvalue weighted by Gasteiger charge is 2.28. The lowest BCUT2D eigenvalue weighted by molar-refractivity contribution is 0.475. The Balaban J connectivity index is 0.949. The fourth-order valence-corrected chi connectivity index (χ4v) is 10.3. The van der Waals surface area contributed by atoms with E-state index in [1.54, 1.807) is 0 Å². The molecule has 2 aliphatic rings.